The zero-order valence-corrected chi connectivity index (χ0v) is 36.4. The molecule has 0 rings (SSSR count). The Balaban J connectivity index is 4.97. The fourth-order valence-corrected chi connectivity index (χ4v) is 6.99. The van der Waals surface area contributed by atoms with Gasteiger partial charge in [0.05, 0.1) is 26.7 Å². The minimum atomic E-state index is -1.38. The summed E-state index contributed by atoms with van der Waals surface area (Å²) in [6.07, 6.45) is 30.1. The van der Waals surface area contributed by atoms with Crippen LogP contribution in [0.3, 0.4) is 0 Å². The third kappa shape index (κ3) is 31.4. The molecule has 0 aliphatic heterocycles. The third-order valence-corrected chi connectivity index (χ3v) is 10.6. The molecule has 0 bridgehead atoms. The van der Waals surface area contributed by atoms with E-state index in [0.29, 0.717) is 12.8 Å². The van der Waals surface area contributed by atoms with Crippen LogP contribution < -0.4 is 10.6 Å². The van der Waals surface area contributed by atoms with Gasteiger partial charge in [0.25, 0.3) is 0 Å². The highest BCUT2D eigenvalue weighted by molar-refractivity contribution is 5.91. The number of ether oxygens (including phenoxy) is 3. The number of aliphatic hydroxyl groups is 1. The monoisotopic (exact) mass is 797 g/mol. The highest BCUT2D eigenvalue weighted by Crippen LogP contribution is 2.18. The maximum atomic E-state index is 13.3. The van der Waals surface area contributed by atoms with Gasteiger partial charge in [0.1, 0.15) is 18.2 Å². The number of hydrogen-bond acceptors (Lipinski definition) is 9. The lowest BCUT2D eigenvalue weighted by Gasteiger charge is -2.25. The zero-order chi connectivity index (χ0) is 41.7. The van der Waals surface area contributed by atoms with E-state index in [2.05, 4.69) is 29.2 Å². The van der Waals surface area contributed by atoms with Crippen LogP contribution >= 0.6 is 0 Å². The van der Waals surface area contributed by atoms with Crippen LogP contribution in [0.5, 0.6) is 0 Å². The van der Waals surface area contributed by atoms with Crippen molar-refractivity contribution in [2.75, 3.05) is 14.2 Å². The number of carbonyl (C=O) groups excluding carboxylic acids is 5. The van der Waals surface area contributed by atoms with Crippen LogP contribution in [0.15, 0.2) is 0 Å². The summed E-state index contributed by atoms with van der Waals surface area (Å²) < 4.78 is 15.2. The number of rotatable bonds is 39. The minimum absolute atomic E-state index is 0.0814. The van der Waals surface area contributed by atoms with Gasteiger partial charge in [-0.3, -0.25) is 19.2 Å². The van der Waals surface area contributed by atoms with Crippen LogP contribution in [0.1, 0.15) is 220 Å². The number of hydrogen-bond donors (Lipinski definition) is 3. The first kappa shape index (κ1) is 53.3. The molecule has 0 saturated carbocycles. The van der Waals surface area contributed by atoms with Gasteiger partial charge in [-0.25, -0.2) is 4.79 Å². The third-order valence-electron chi connectivity index (χ3n) is 10.6. The molecule has 11 heteroatoms. The van der Waals surface area contributed by atoms with Crippen molar-refractivity contribution >= 4 is 29.7 Å². The van der Waals surface area contributed by atoms with Gasteiger partial charge in [-0.1, -0.05) is 168 Å². The molecule has 56 heavy (non-hydrogen) atoms. The second-order valence-electron chi connectivity index (χ2n) is 15.8. The number of unbranched alkanes of at least 4 members (excludes halogenated alkanes) is 24. The topological polar surface area (TPSA) is 157 Å². The van der Waals surface area contributed by atoms with Crippen LogP contribution in [0.4, 0.5) is 0 Å². The van der Waals surface area contributed by atoms with E-state index in [9.17, 15) is 29.1 Å². The highest BCUT2D eigenvalue weighted by Gasteiger charge is 2.31. The van der Waals surface area contributed by atoms with Crippen molar-refractivity contribution in [3.05, 3.63) is 0 Å². The van der Waals surface area contributed by atoms with Gasteiger partial charge in [-0.15, -0.1) is 0 Å². The van der Waals surface area contributed by atoms with E-state index in [4.69, 9.17) is 9.47 Å². The summed E-state index contributed by atoms with van der Waals surface area (Å²) in [6.45, 7) is 5.84. The van der Waals surface area contributed by atoms with E-state index in [1.807, 2.05) is 0 Å². The first-order chi connectivity index (χ1) is 27.1. The Labute approximate surface area is 341 Å². The number of carbonyl (C=O) groups is 5. The van der Waals surface area contributed by atoms with Gasteiger partial charge in [-0.05, 0) is 32.6 Å². The molecule has 0 heterocycles. The summed E-state index contributed by atoms with van der Waals surface area (Å²) in [6, 6.07) is -2.56. The molecule has 328 valence electrons. The van der Waals surface area contributed by atoms with Gasteiger partial charge in [-0.2, -0.15) is 0 Å². The molecule has 2 amide bonds. The Morgan fingerprint density at radius 1 is 0.518 bits per heavy atom. The van der Waals surface area contributed by atoms with Crippen molar-refractivity contribution in [1.29, 1.82) is 0 Å². The molecule has 0 aromatic carbocycles. The Kier molecular flexibility index (Phi) is 36.0. The van der Waals surface area contributed by atoms with E-state index in [0.717, 1.165) is 52.1 Å². The van der Waals surface area contributed by atoms with Crippen molar-refractivity contribution in [3.8, 4) is 0 Å². The lowest BCUT2D eigenvalue weighted by Crippen LogP contribution is -2.56. The summed E-state index contributed by atoms with van der Waals surface area (Å²) in [4.78, 5) is 63.3. The van der Waals surface area contributed by atoms with E-state index in [1.54, 1.807) is 0 Å². The molecule has 0 spiro atoms. The largest absolute Gasteiger partial charge is 0.469 e. The lowest BCUT2D eigenvalue weighted by molar-refractivity contribution is -0.151. The summed E-state index contributed by atoms with van der Waals surface area (Å²) in [5.41, 5.74) is 0. The molecule has 0 aliphatic carbocycles. The standard InChI is InChI=1S/C45H84N2O9/c1-6-8-10-12-14-16-18-20-22-24-26-28-30-32-38(56-42(51)33-31-29-27-25-23-21-19-17-15-13-11-9-7-2)36-40(49)47-43(37(3)48)44(52)46-39(45(53)55-5)34-35-41(50)54-4/h37-39,43,48H,6-36H2,1-5H3,(H,46,52)(H,47,49)/t37-,38?,39+,43+/m0/s1. The second-order valence-corrected chi connectivity index (χ2v) is 15.8. The summed E-state index contributed by atoms with van der Waals surface area (Å²) in [5.74, 6) is -3.01. The van der Waals surface area contributed by atoms with E-state index in [1.165, 1.54) is 136 Å². The average molecular weight is 797 g/mol. The molecular weight excluding hydrogens is 713 g/mol. The van der Waals surface area contributed by atoms with Crippen molar-refractivity contribution in [1.82, 2.24) is 10.6 Å². The Hall–Kier alpha value is -2.69. The number of aliphatic hydroxyl groups excluding tert-OH is 1. The Morgan fingerprint density at radius 3 is 1.36 bits per heavy atom. The van der Waals surface area contributed by atoms with Crippen molar-refractivity contribution in [2.45, 2.75) is 244 Å². The zero-order valence-electron chi connectivity index (χ0n) is 36.4. The quantitative estimate of drug-likeness (QED) is 0.0313. The lowest BCUT2D eigenvalue weighted by atomic mass is 10.0. The second kappa shape index (κ2) is 37.9. The molecule has 0 aromatic heterocycles. The molecule has 0 aliphatic rings. The number of nitrogens with one attached hydrogen (secondary N) is 2. The van der Waals surface area contributed by atoms with Gasteiger partial charge < -0.3 is 30.0 Å². The Morgan fingerprint density at radius 2 is 0.946 bits per heavy atom. The maximum absolute atomic E-state index is 13.3. The van der Waals surface area contributed by atoms with Gasteiger partial charge in [0, 0.05) is 12.8 Å². The van der Waals surface area contributed by atoms with Gasteiger partial charge in [0.15, 0.2) is 0 Å². The van der Waals surface area contributed by atoms with Crippen LogP contribution in [0.25, 0.3) is 0 Å². The molecule has 0 fully saturated rings. The maximum Gasteiger partial charge on any atom is 0.328 e. The average Bonchev–Trinajstić information content (AvgIpc) is 3.18. The van der Waals surface area contributed by atoms with Crippen LogP contribution in [0.2, 0.25) is 0 Å². The summed E-state index contributed by atoms with van der Waals surface area (Å²) in [5, 5.41) is 15.5. The SMILES string of the molecule is CCCCCCCCCCCCCCCC(=O)OC(CCCCCCCCCCCCCCC)CC(=O)N[C@@H](C(=O)N[C@H](CCC(=O)OC)C(=O)OC)[C@H](C)O. The molecule has 0 saturated heterocycles. The smallest absolute Gasteiger partial charge is 0.328 e. The number of methoxy groups -OCH3 is 2. The molecule has 11 nitrogen and oxygen atoms in total. The van der Waals surface area contributed by atoms with Crippen molar-refractivity contribution < 1.29 is 43.3 Å². The molecule has 0 aromatic rings. The van der Waals surface area contributed by atoms with Crippen molar-refractivity contribution in [3.63, 3.8) is 0 Å². The van der Waals surface area contributed by atoms with E-state index in [-0.39, 0.29) is 25.2 Å². The summed E-state index contributed by atoms with van der Waals surface area (Å²) in [7, 11) is 2.38. The van der Waals surface area contributed by atoms with Crippen molar-refractivity contribution in [2.24, 2.45) is 0 Å². The number of esters is 3. The number of amides is 2. The van der Waals surface area contributed by atoms with E-state index >= 15 is 0 Å². The molecule has 4 atom stereocenters. The molecular formula is C45H84N2O9. The van der Waals surface area contributed by atoms with Crippen LogP contribution in [-0.2, 0) is 38.2 Å². The molecule has 3 N–H and O–H groups in total. The molecule has 0 radical (unpaired) electrons. The van der Waals surface area contributed by atoms with Crippen LogP contribution in [-0.4, -0.2) is 73.3 Å². The van der Waals surface area contributed by atoms with Gasteiger partial charge in [0.2, 0.25) is 11.8 Å². The fraction of sp³-hybridized carbons (Fsp3) is 0.889. The predicted octanol–water partition coefficient (Wildman–Crippen LogP) is 9.73. The molecule has 1 unspecified atom stereocenters. The highest BCUT2D eigenvalue weighted by atomic mass is 16.5. The normalized spacial score (nSPS) is 13.3. The summed E-state index contributed by atoms with van der Waals surface area (Å²) >= 11 is 0. The minimum Gasteiger partial charge on any atom is -0.469 e. The Bertz CT molecular complexity index is 1010. The fourth-order valence-electron chi connectivity index (χ4n) is 6.99. The van der Waals surface area contributed by atoms with E-state index < -0.39 is 48.0 Å². The predicted molar refractivity (Wildman–Crippen MR) is 224 cm³/mol. The van der Waals surface area contributed by atoms with Gasteiger partial charge >= 0.3 is 17.9 Å². The first-order valence-electron chi connectivity index (χ1n) is 22.7. The van der Waals surface area contributed by atoms with Crippen LogP contribution in [0, 0.1) is 0 Å². The first-order valence-corrected chi connectivity index (χ1v) is 22.7.